The van der Waals surface area contributed by atoms with E-state index in [1.54, 1.807) is 0 Å². The van der Waals surface area contributed by atoms with Crippen LogP contribution in [0.25, 0.3) is 0 Å². The number of rotatable bonds is 4. The SMILES string of the molecule is CCCc1cnc(N2CCC([C@H](C)O)CC2)nc1. The zero-order valence-corrected chi connectivity index (χ0v) is 11.3. The minimum Gasteiger partial charge on any atom is -0.393 e. The average molecular weight is 249 g/mol. The smallest absolute Gasteiger partial charge is 0.225 e. The maximum atomic E-state index is 9.58. The lowest BCUT2D eigenvalue weighted by Crippen LogP contribution is -2.37. The van der Waals surface area contributed by atoms with E-state index in [2.05, 4.69) is 21.8 Å². The molecule has 1 atom stereocenters. The van der Waals surface area contributed by atoms with Crippen molar-refractivity contribution in [2.45, 2.75) is 45.6 Å². The number of aryl methyl sites for hydroxylation is 1. The van der Waals surface area contributed by atoms with Gasteiger partial charge in [0.25, 0.3) is 0 Å². The third kappa shape index (κ3) is 3.19. The number of anilines is 1. The first kappa shape index (κ1) is 13.3. The molecule has 1 aliphatic heterocycles. The molecule has 2 heterocycles. The van der Waals surface area contributed by atoms with Crippen LogP contribution in [0.1, 0.15) is 38.7 Å². The number of hydrogen-bond donors (Lipinski definition) is 1. The number of aliphatic hydroxyl groups is 1. The second kappa shape index (κ2) is 6.14. The molecule has 0 spiro atoms. The summed E-state index contributed by atoms with van der Waals surface area (Å²) >= 11 is 0. The summed E-state index contributed by atoms with van der Waals surface area (Å²) in [4.78, 5) is 11.1. The van der Waals surface area contributed by atoms with E-state index < -0.39 is 0 Å². The number of hydrogen-bond acceptors (Lipinski definition) is 4. The molecule has 100 valence electrons. The molecule has 0 amide bonds. The Kier molecular flexibility index (Phi) is 4.53. The second-order valence-electron chi connectivity index (χ2n) is 5.21. The molecule has 0 aliphatic carbocycles. The van der Waals surface area contributed by atoms with Crippen LogP contribution >= 0.6 is 0 Å². The second-order valence-corrected chi connectivity index (χ2v) is 5.21. The van der Waals surface area contributed by atoms with Gasteiger partial charge >= 0.3 is 0 Å². The van der Waals surface area contributed by atoms with E-state index in [-0.39, 0.29) is 6.10 Å². The van der Waals surface area contributed by atoms with Gasteiger partial charge in [-0.1, -0.05) is 13.3 Å². The summed E-state index contributed by atoms with van der Waals surface area (Å²) in [6.45, 7) is 5.94. The summed E-state index contributed by atoms with van der Waals surface area (Å²) in [5.74, 6) is 1.26. The van der Waals surface area contributed by atoms with Gasteiger partial charge in [0.1, 0.15) is 0 Å². The predicted molar refractivity (Wildman–Crippen MR) is 72.6 cm³/mol. The van der Waals surface area contributed by atoms with Crippen molar-refractivity contribution >= 4 is 5.95 Å². The number of nitrogens with zero attached hydrogens (tertiary/aromatic N) is 3. The summed E-state index contributed by atoms with van der Waals surface area (Å²) in [5, 5.41) is 9.58. The summed E-state index contributed by atoms with van der Waals surface area (Å²) in [5.41, 5.74) is 1.21. The van der Waals surface area contributed by atoms with Crippen molar-refractivity contribution in [2.75, 3.05) is 18.0 Å². The normalized spacial score (nSPS) is 18.9. The third-order valence-electron chi connectivity index (χ3n) is 3.74. The molecule has 0 bridgehead atoms. The van der Waals surface area contributed by atoms with Gasteiger partial charge in [0.2, 0.25) is 5.95 Å². The van der Waals surface area contributed by atoms with Crippen LogP contribution in [0.2, 0.25) is 0 Å². The quantitative estimate of drug-likeness (QED) is 0.887. The van der Waals surface area contributed by atoms with Crippen LogP contribution in [0.4, 0.5) is 5.95 Å². The Morgan fingerprint density at radius 3 is 2.44 bits per heavy atom. The highest BCUT2D eigenvalue weighted by atomic mass is 16.3. The summed E-state index contributed by atoms with van der Waals surface area (Å²) in [6, 6.07) is 0. The Balaban J connectivity index is 1.93. The first-order chi connectivity index (χ1) is 8.70. The van der Waals surface area contributed by atoms with Crippen molar-refractivity contribution in [1.29, 1.82) is 0 Å². The van der Waals surface area contributed by atoms with Gasteiger partial charge in [-0.2, -0.15) is 0 Å². The van der Waals surface area contributed by atoms with Gasteiger partial charge in [-0.15, -0.1) is 0 Å². The Labute approximate surface area is 109 Å². The maximum absolute atomic E-state index is 9.58. The zero-order valence-electron chi connectivity index (χ0n) is 11.3. The molecule has 1 N–H and O–H groups in total. The first-order valence-corrected chi connectivity index (χ1v) is 6.94. The van der Waals surface area contributed by atoms with Crippen molar-refractivity contribution < 1.29 is 5.11 Å². The largest absolute Gasteiger partial charge is 0.393 e. The van der Waals surface area contributed by atoms with Gasteiger partial charge < -0.3 is 10.0 Å². The van der Waals surface area contributed by atoms with E-state index in [0.29, 0.717) is 5.92 Å². The number of piperidine rings is 1. The summed E-state index contributed by atoms with van der Waals surface area (Å²) in [7, 11) is 0. The molecule has 0 unspecified atom stereocenters. The Hall–Kier alpha value is -1.16. The molecule has 1 saturated heterocycles. The van der Waals surface area contributed by atoms with Crippen LogP contribution in [0.15, 0.2) is 12.4 Å². The summed E-state index contributed by atoms with van der Waals surface area (Å²) in [6.07, 6.45) is 7.90. The van der Waals surface area contributed by atoms with Gasteiger partial charge in [0.15, 0.2) is 0 Å². The molecule has 2 rings (SSSR count). The van der Waals surface area contributed by atoms with Crippen LogP contribution in [-0.2, 0) is 6.42 Å². The fourth-order valence-electron chi connectivity index (χ4n) is 2.51. The first-order valence-electron chi connectivity index (χ1n) is 6.94. The Bertz CT molecular complexity index is 356. The van der Waals surface area contributed by atoms with E-state index in [0.717, 1.165) is 44.7 Å². The fourth-order valence-corrected chi connectivity index (χ4v) is 2.51. The molecule has 18 heavy (non-hydrogen) atoms. The highest BCUT2D eigenvalue weighted by Crippen LogP contribution is 2.22. The van der Waals surface area contributed by atoms with Gasteiger partial charge in [-0.25, -0.2) is 9.97 Å². The predicted octanol–water partition coefficient (Wildman–Crippen LogP) is 2.03. The summed E-state index contributed by atoms with van der Waals surface area (Å²) < 4.78 is 0. The monoisotopic (exact) mass is 249 g/mol. The van der Waals surface area contributed by atoms with Crippen LogP contribution < -0.4 is 4.90 Å². The van der Waals surface area contributed by atoms with E-state index in [1.807, 2.05) is 19.3 Å². The van der Waals surface area contributed by atoms with E-state index in [9.17, 15) is 5.11 Å². The number of aromatic nitrogens is 2. The Morgan fingerprint density at radius 2 is 1.94 bits per heavy atom. The third-order valence-corrected chi connectivity index (χ3v) is 3.74. The Morgan fingerprint density at radius 1 is 1.33 bits per heavy atom. The molecule has 1 fully saturated rings. The van der Waals surface area contributed by atoms with Crippen LogP contribution in [0.5, 0.6) is 0 Å². The molecule has 1 aliphatic rings. The minimum atomic E-state index is -0.194. The van der Waals surface area contributed by atoms with Crippen molar-refractivity contribution in [3.63, 3.8) is 0 Å². The van der Waals surface area contributed by atoms with Crippen LogP contribution in [-0.4, -0.2) is 34.3 Å². The van der Waals surface area contributed by atoms with Gasteiger partial charge in [0, 0.05) is 25.5 Å². The fraction of sp³-hybridized carbons (Fsp3) is 0.714. The molecule has 0 aromatic carbocycles. The van der Waals surface area contributed by atoms with E-state index >= 15 is 0 Å². The van der Waals surface area contributed by atoms with E-state index in [1.165, 1.54) is 5.56 Å². The molecule has 4 nitrogen and oxygen atoms in total. The minimum absolute atomic E-state index is 0.194. The van der Waals surface area contributed by atoms with Crippen molar-refractivity contribution in [3.05, 3.63) is 18.0 Å². The standard InChI is InChI=1S/C14H23N3O/c1-3-4-12-9-15-14(16-10-12)17-7-5-13(6-8-17)11(2)18/h9-11,13,18H,3-8H2,1-2H3/t11-/m0/s1. The van der Waals surface area contributed by atoms with Crippen molar-refractivity contribution in [2.24, 2.45) is 5.92 Å². The van der Waals surface area contributed by atoms with Gasteiger partial charge in [-0.05, 0) is 37.7 Å². The maximum Gasteiger partial charge on any atom is 0.225 e. The van der Waals surface area contributed by atoms with Crippen molar-refractivity contribution in [1.82, 2.24) is 9.97 Å². The molecule has 0 saturated carbocycles. The average Bonchev–Trinajstić information content (AvgIpc) is 2.40. The molecule has 1 aromatic heterocycles. The van der Waals surface area contributed by atoms with E-state index in [4.69, 9.17) is 0 Å². The van der Waals surface area contributed by atoms with Gasteiger partial charge in [0.05, 0.1) is 6.10 Å². The number of aliphatic hydroxyl groups excluding tert-OH is 1. The topological polar surface area (TPSA) is 49.2 Å². The lowest BCUT2D eigenvalue weighted by atomic mass is 9.92. The molecular formula is C14H23N3O. The van der Waals surface area contributed by atoms with Crippen LogP contribution in [0, 0.1) is 5.92 Å². The highest BCUT2D eigenvalue weighted by molar-refractivity contribution is 5.30. The molecular weight excluding hydrogens is 226 g/mol. The molecule has 1 aromatic rings. The molecule has 4 heteroatoms. The van der Waals surface area contributed by atoms with Crippen LogP contribution in [0.3, 0.4) is 0 Å². The van der Waals surface area contributed by atoms with Crippen molar-refractivity contribution in [3.8, 4) is 0 Å². The molecule has 0 radical (unpaired) electrons. The van der Waals surface area contributed by atoms with Gasteiger partial charge in [-0.3, -0.25) is 0 Å². The lowest BCUT2D eigenvalue weighted by molar-refractivity contribution is 0.109. The zero-order chi connectivity index (χ0) is 13.0. The lowest BCUT2D eigenvalue weighted by Gasteiger charge is -2.33. The highest BCUT2D eigenvalue weighted by Gasteiger charge is 2.23.